The van der Waals surface area contributed by atoms with Gasteiger partial charge in [-0.05, 0) is 6.07 Å². The number of benzene rings is 1. The van der Waals surface area contributed by atoms with Crippen molar-refractivity contribution in [2.45, 2.75) is 6.42 Å². The van der Waals surface area contributed by atoms with Crippen molar-refractivity contribution in [3.05, 3.63) is 33.9 Å². The first-order valence-electron chi connectivity index (χ1n) is 3.94. The maximum Gasteiger partial charge on any atom is 0.314 e. The van der Waals surface area contributed by atoms with Crippen molar-refractivity contribution in [1.82, 2.24) is 0 Å². The zero-order valence-corrected chi connectivity index (χ0v) is 7.60. The van der Waals surface area contributed by atoms with Gasteiger partial charge < -0.3 is 9.53 Å². The van der Waals surface area contributed by atoms with Crippen LogP contribution < -0.4 is 4.74 Å². The van der Waals surface area contributed by atoms with Crippen LogP contribution in [0.1, 0.15) is 5.56 Å². The van der Waals surface area contributed by atoms with Crippen molar-refractivity contribution in [3.63, 3.8) is 0 Å². The lowest BCUT2D eigenvalue weighted by atomic mass is 10.1. The SMILES string of the molecule is COc1cccc(CC=O)c1[N+](=O)[O-]. The number of aldehydes is 1. The second-order valence-electron chi connectivity index (χ2n) is 2.60. The number of carbonyl (C=O) groups excluding carboxylic acids is 1. The van der Waals surface area contributed by atoms with Crippen LogP contribution in [-0.4, -0.2) is 18.3 Å². The molecule has 74 valence electrons. The van der Waals surface area contributed by atoms with Crippen LogP contribution in [0.5, 0.6) is 5.75 Å². The van der Waals surface area contributed by atoms with Crippen LogP contribution in [0.2, 0.25) is 0 Å². The van der Waals surface area contributed by atoms with E-state index < -0.39 is 4.92 Å². The Morgan fingerprint density at radius 1 is 1.57 bits per heavy atom. The Hall–Kier alpha value is -1.91. The zero-order chi connectivity index (χ0) is 10.6. The maximum atomic E-state index is 10.7. The summed E-state index contributed by atoms with van der Waals surface area (Å²) in [5, 5.41) is 10.7. The Labute approximate surface area is 80.5 Å². The average Bonchev–Trinajstić information content (AvgIpc) is 2.17. The molecule has 0 atom stereocenters. The highest BCUT2D eigenvalue weighted by Crippen LogP contribution is 2.30. The molecule has 1 aromatic rings. The third-order valence-electron chi connectivity index (χ3n) is 1.79. The van der Waals surface area contributed by atoms with E-state index in [0.29, 0.717) is 11.8 Å². The summed E-state index contributed by atoms with van der Waals surface area (Å²) in [6.07, 6.45) is 0.648. The first kappa shape index (κ1) is 10.2. The predicted octanol–water partition coefficient (Wildman–Crippen LogP) is 1.34. The molecule has 14 heavy (non-hydrogen) atoms. The molecule has 0 unspecified atom stereocenters. The van der Waals surface area contributed by atoms with Crippen LogP contribution >= 0.6 is 0 Å². The van der Waals surface area contributed by atoms with Gasteiger partial charge in [-0.3, -0.25) is 10.1 Å². The molecule has 0 amide bonds. The van der Waals surface area contributed by atoms with Gasteiger partial charge in [0.25, 0.3) is 0 Å². The number of nitrogens with zero attached hydrogens (tertiary/aromatic N) is 1. The minimum Gasteiger partial charge on any atom is -0.490 e. The lowest BCUT2D eigenvalue weighted by Crippen LogP contribution is -1.99. The quantitative estimate of drug-likeness (QED) is 0.413. The molecule has 0 aliphatic rings. The van der Waals surface area contributed by atoms with E-state index in [0.717, 1.165) is 0 Å². The van der Waals surface area contributed by atoms with Gasteiger partial charge in [0.2, 0.25) is 0 Å². The molecule has 0 saturated heterocycles. The fraction of sp³-hybridized carbons (Fsp3) is 0.222. The summed E-state index contributed by atoms with van der Waals surface area (Å²) in [7, 11) is 1.35. The van der Waals surface area contributed by atoms with Crippen molar-refractivity contribution in [1.29, 1.82) is 0 Å². The number of nitro benzene ring substituents is 1. The molecule has 5 heteroatoms. The monoisotopic (exact) mass is 195 g/mol. The van der Waals surface area contributed by atoms with Crippen LogP contribution in [0, 0.1) is 10.1 Å². The molecule has 0 bridgehead atoms. The Bertz CT molecular complexity index is 362. The predicted molar refractivity (Wildman–Crippen MR) is 49.4 cm³/mol. The molecule has 0 spiro atoms. The van der Waals surface area contributed by atoms with Crippen molar-refractivity contribution in [2.75, 3.05) is 7.11 Å². The van der Waals surface area contributed by atoms with Gasteiger partial charge in [-0.2, -0.15) is 0 Å². The number of para-hydroxylation sites is 1. The molecule has 5 nitrogen and oxygen atoms in total. The van der Waals surface area contributed by atoms with E-state index in [4.69, 9.17) is 4.74 Å². The minimum absolute atomic E-state index is 0.0213. The Balaban J connectivity index is 3.27. The van der Waals surface area contributed by atoms with Gasteiger partial charge in [0.05, 0.1) is 12.0 Å². The number of carbonyl (C=O) groups is 1. The first-order valence-corrected chi connectivity index (χ1v) is 3.94. The van der Waals surface area contributed by atoms with Gasteiger partial charge in [-0.1, -0.05) is 12.1 Å². The maximum absolute atomic E-state index is 10.7. The van der Waals surface area contributed by atoms with Gasteiger partial charge in [-0.15, -0.1) is 0 Å². The number of hydrogen-bond donors (Lipinski definition) is 0. The van der Waals surface area contributed by atoms with Crippen LogP contribution in [0.4, 0.5) is 5.69 Å². The fourth-order valence-corrected chi connectivity index (χ4v) is 1.19. The Kier molecular flexibility index (Phi) is 3.17. The standard InChI is InChI=1S/C9H9NO4/c1-14-8-4-2-3-7(5-6-11)9(8)10(12)13/h2-4,6H,5H2,1H3. The van der Waals surface area contributed by atoms with E-state index in [1.54, 1.807) is 6.07 Å². The second-order valence-corrected chi connectivity index (χ2v) is 2.60. The summed E-state index contributed by atoms with van der Waals surface area (Å²) in [6.45, 7) is 0. The topological polar surface area (TPSA) is 69.4 Å². The largest absolute Gasteiger partial charge is 0.490 e. The molecule has 0 saturated carbocycles. The van der Waals surface area contributed by atoms with Crippen molar-refractivity contribution in [2.24, 2.45) is 0 Å². The zero-order valence-electron chi connectivity index (χ0n) is 7.60. The molecular weight excluding hydrogens is 186 g/mol. The number of methoxy groups -OCH3 is 1. The van der Waals surface area contributed by atoms with E-state index >= 15 is 0 Å². The normalized spacial score (nSPS) is 9.50. The smallest absolute Gasteiger partial charge is 0.314 e. The highest BCUT2D eigenvalue weighted by atomic mass is 16.6. The van der Waals surface area contributed by atoms with Crippen molar-refractivity contribution >= 4 is 12.0 Å². The lowest BCUT2D eigenvalue weighted by molar-refractivity contribution is -0.386. The lowest BCUT2D eigenvalue weighted by Gasteiger charge is -2.03. The number of ether oxygens (including phenoxy) is 1. The van der Waals surface area contributed by atoms with Gasteiger partial charge >= 0.3 is 5.69 Å². The third-order valence-corrected chi connectivity index (χ3v) is 1.79. The summed E-state index contributed by atoms with van der Waals surface area (Å²) in [4.78, 5) is 20.4. The molecule has 0 N–H and O–H groups in total. The van der Waals surface area contributed by atoms with Gasteiger partial charge in [0.1, 0.15) is 6.29 Å². The molecule has 1 aromatic carbocycles. The fourth-order valence-electron chi connectivity index (χ4n) is 1.19. The molecule has 0 fully saturated rings. The second kappa shape index (κ2) is 4.36. The Morgan fingerprint density at radius 3 is 2.79 bits per heavy atom. The first-order chi connectivity index (χ1) is 6.70. The number of rotatable bonds is 4. The van der Waals surface area contributed by atoms with Gasteiger partial charge in [0.15, 0.2) is 5.75 Å². The van der Waals surface area contributed by atoms with E-state index in [1.807, 2.05) is 0 Å². The van der Waals surface area contributed by atoms with Crippen LogP contribution in [-0.2, 0) is 11.2 Å². The molecule has 0 aliphatic carbocycles. The summed E-state index contributed by atoms with van der Waals surface area (Å²) in [6, 6.07) is 4.64. The molecule has 1 rings (SSSR count). The van der Waals surface area contributed by atoms with Crippen molar-refractivity contribution < 1.29 is 14.5 Å². The summed E-state index contributed by atoms with van der Waals surface area (Å²) >= 11 is 0. The van der Waals surface area contributed by atoms with E-state index in [2.05, 4.69) is 0 Å². The van der Waals surface area contributed by atoms with E-state index in [1.165, 1.54) is 19.2 Å². The van der Waals surface area contributed by atoms with Crippen LogP contribution in [0.3, 0.4) is 0 Å². The summed E-state index contributed by atoms with van der Waals surface area (Å²) < 4.78 is 4.84. The highest BCUT2D eigenvalue weighted by Gasteiger charge is 2.19. The summed E-state index contributed by atoms with van der Waals surface area (Å²) in [5.74, 6) is 0.175. The average molecular weight is 195 g/mol. The Morgan fingerprint density at radius 2 is 2.29 bits per heavy atom. The summed E-state index contributed by atoms with van der Waals surface area (Å²) in [5.41, 5.74) is 0.228. The molecule has 0 aliphatic heterocycles. The molecular formula is C9H9NO4. The minimum atomic E-state index is -0.544. The van der Waals surface area contributed by atoms with Gasteiger partial charge in [-0.25, -0.2) is 0 Å². The van der Waals surface area contributed by atoms with E-state index in [-0.39, 0.29) is 17.9 Å². The molecule has 0 heterocycles. The molecule has 0 radical (unpaired) electrons. The third kappa shape index (κ3) is 1.87. The molecule has 0 aromatic heterocycles. The van der Waals surface area contributed by atoms with Gasteiger partial charge in [0, 0.05) is 12.0 Å². The van der Waals surface area contributed by atoms with E-state index in [9.17, 15) is 14.9 Å². The highest BCUT2D eigenvalue weighted by molar-refractivity contribution is 5.62. The van der Waals surface area contributed by atoms with Crippen molar-refractivity contribution in [3.8, 4) is 5.75 Å². The number of hydrogen-bond acceptors (Lipinski definition) is 4. The van der Waals surface area contributed by atoms with Crippen LogP contribution in [0.25, 0.3) is 0 Å². The number of nitro groups is 1. The van der Waals surface area contributed by atoms with Crippen LogP contribution in [0.15, 0.2) is 18.2 Å².